The molecule has 0 spiro atoms. The molecule has 0 unspecified atom stereocenters. The predicted molar refractivity (Wildman–Crippen MR) is 96.2 cm³/mol. The zero-order valence-corrected chi connectivity index (χ0v) is 14.3. The third-order valence-corrected chi connectivity index (χ3v) is 4.20. The van der Waals surface area contributed by atoms with Gasteiger partial charge in [-0.1, -0.05) is 29.8 Å². The second-order valence-corrected chi connectivity index (χ2v) is 5.77. The second kappa shape index (κ2) is 6.93. The summed E-state index contributed by atoms with van der Waals surface area (Å²) in [6.07, 6.45) is 0. The Balaban J connectivity index is 2.02. The molecule has 0 aliphatic carbocycles. The average Bonchev–Trinajstić information content (AvgIpc) is 2.90. The van der Waals surface area contributed by atoms with Crippen LogP contribution in [-0.2, 0) is 6.54 Å². The Hall–Kier alpha value is -3.26. The average molecular weight is 373 g/mol. The fourth-order valence-electron chi connectivity index (χ4n) is 2.63. The zero-order chi connectivity index (χ0) is 18.8. The number of hydrogen-bond acceptors (Lipinski definition) is 5. The summed E-state index contributed by atoms with van der Waals surface area (Å²) in [5, 5.41) is 29.3. The van der Waals surface area contributed by atoms with Crippen molar-refractivity contribution in [3.63, 3.8) is 0 Å². The molecule has 0 saturated carbocycles. The van der Waals surface area contributed by atoms with Gasteiger partial charge in [0.15, 0.2) is 5.69 Å². The van der Waals surface area contributed by atoms with Gasteiger partial charge in [-0.3, -0.25) is 14.9 Å². The van der Waals surface area contributed by atoms with Gasteiger partial charge in [0, 0.05) is 24.1 Å². The molecule has 8 nitrogen and oxygen atoms in total. The molecule has 1 heterocycles. The van der Waals surface area contributed by atoms with Crippen molar-refractivity contribution < 1.29 is 14.8 Å². The first-order valence-corrected chi connectivity index (χ1v) is 8.02. The number of aromatic nitrogens is 1. The number of aryl methyl sites for hydroxylation is 1. The number of rotatable bonds is 4. The minimum atomic E-state index is -0.841. The van der Waals surface area contributed by atoms with Crippen LogP contribution in [0.3, 0.4) is 0 Å². The van der Waals surface area contributed by atoms with E-state index in [1.54, 1.807) is 16.7 Å². The van der Waals surface area contributed by atoms with Crippen LogP contribution in [0.4, 0.5) is 11.4 Å². The van der Waals surface area contributed by atoms with E-state index in [2.05, 4.69) is 10.2 Å². The van der Waals surface area contributed by atoms with E-state index in [9.17, 15) is 20.0 Å². The lowest BCUT2D eigenvalue weighted by Crippen LogP contribution is -1.97. The Morgan fingerprint density at radius 3 is 2.73 bits per heavy atom. The minimum Gasteiger partial charge on any atom is -0.493 e. The SMILES string of the molecule is CCn1c(O)c(N=NC(=O)c2cc([N+](=O)[O-])ccc2Cl)c2ccccc21. The number of para-hydroxylation sites is 1. The number of halogens is 1. The van der Waals surface area contributed by atoms with Crippen LogP contribution in [0, 0.1) is 10.1 Å². The fraction of sp³-hybridized carbons (Fsp3) is 0.118. The van der Waals surface area contributed by atoms with Gasteiger partial charge < -0.3 is 9.67 Å². The van der Waals surface area contributed by atoms with Crippen molar-refractivity contribution in [2.75, 3.05) is 0 Å². The van der Waals surface area contributed by atoms with Crippen LogP contribution in [0.15, 0.2) is 52.7 Å². The first-order valence-electron chi connectivity index (χ1n) is 7.64. The second-order valence-electron chi connectivity index (χ2n) is 5.36. The zero-order valence-electron chi connectivity index (χ0n) is 13.6. The molecule has 26 heavy (non-hydrogen) atoms. The fourth-order valence-corrected chi connectivity index (χ4v) is 2.83. The number of hydrogen-bond donors (Lipinski definition) is 1. The van der Waals surface area contributed by atoms with Crippen LogP contribution in [0.5, 0.6) is 5.88 Å². The summed E-state index contributed by atoms with van der Waals surface area (Å²) in [6.45, 7) is 2.37. The quantitative estimate of drug-likeness (QED) is 0.400. The molecule has 3 aromatic rings. The maximum atomic E-state index is 12.3. The van der Waals surface area contributed by atoms with E-state index in [-0.39, 0.29) is 27.8 Å². The van der Waals surface area contributed by atoms with E-state index in [1.165, 1.54) is 12.1 Å². The van der Waals surface area contributed by atoms with Gasteiger partial charge in [0.25, 0.3) is 11.6 Å². The highest BCUT2D eigenvalue weighted by atomic mass is 35.5. The van der Waals surface area contributed by atoms with Gasteiger partial charge in [-0.25, -0.2) is 0 Å². The molecule has 0 bridgehead atoms. The van der Waals surface area contributed by atoms with Crippen LogP contribution in [0.25, 0.3) is 10.9 Å². The van der Waals surface area contributed by atoms with Crippen molar-refractivity contribution in [1.82, 2.24) is 4.57 Å². The van der Waals surface area contributed by atoms with E-state index < -0.39 is 10.8 Å². The van der Waals surface area contributed by atoms with Gasteiger partial charge in [0.1, 0.15) is 0 Å². The predicted octanol–water partition coefficient (Wildman–Crippen LogP) is 4.85. The normalized spacial score (nSPS) is 11.3. The number of benzene rings is 2. The molecule has 1 aromatic heterocycles. The lowest BCUT2D eigenvalue weighted by atomic mass is 10.2. The maximum Gasteiger partial charge on any atom is 0.297 e. The summed E-state index contributed by atoms with van der Waals surface area (Å²) in [7, 11) is 0. The number of amides is 1. The van der Waals surface area contributed by atoms with E-state index in [1.807, 2.05) is 19.1 Å². The summed E-state index contributed by atoms with van der Waals surface area (Å²) >= 11 is 5.93. The smallest absolute Gasteiger partial charge is 0.297 e. The molecular formula is C17H13ClN4O4. The highest BCUT2D eigenvalue weighted by Crippen LogP contribution is 2.38. The number of fused-ring (bicyclic) bond motifs is 1. The summed E-state index contributed by atoms with van der Waals surface area (Å²) in [5.41, 5.74) is 0.487. The highest BCUT2D eigenvalue weighted by molar-refractivity contribution is 6.34. The maximum absolute atomic E-state index is 12.3. The van der Waals surface area contributed by atoms with Crippen molar-refractivity contribution in [2.24, 2.45) is 10.2 Å². The number of carbonyl (C=O) groups is 1. The Kier molecular flexibility index (Phi) is 4.68. The van der Waals surface area contributed by atoms with Crippen LogP contribution in [-0.4, -0.2) is 20.5 Å². The minimum absolute atomic E-state index is 0.0276. The van der Waals surface area contributed by atoms with Gasteiger partial charge in [-0.15, -0.1) is 10.2 Å². The monoisotopic (exact) mass is 372 g/mol. The first-order chi connectivity index (χ1) is 12.4. The van der Waals surface area contributed by atoms with Gasteiger partial charge in [-0.2, -0.15) is 0 Å². The van der Waals surface area contributed by atoms with Crippen LogP contribution >= 0.6 is 11.6 Å². The van der Waals surface area contributed by atoms with Gasteiger partial charge in [-0.05, 0) is 19.1 Å². The number of nitro groups is 1. The molecule has 1 N–H and O–H groups in total. The van der Waals surface area contributed by atoms with E-state index in [0.29, 0.717) is 11.9 Å². The lowest BCUT2D eigenvalue weighted by Gasteiger charge is -2.01. The van der Waals surface area contributed by atoms with Crippen LogP contribution in [0.1, 0.15) is 17.3 Å². The van der Waals surface area contributed by atoms with E-state index in [0.717, 1.165) is 11.6 Å². The molecule has 132 valence electrons. The number of non-ortho nitro benzene ring substituents is 1. The van der Waals surface area contributed by atoms with Crippen LogP contribution in [0.2, 0.25) is 5.02 Å². The third kappa shape index (κ3) is 3.02. The molecule has 0 aliphatic rings. The summed E-state index contributed by atoms with van der Waals surface area (Å²) in [6, 6.07) is 10.7. The standard InChI is InChI=1S/C17H13ClN4O4/c1-2-21-14-6-4-3-5-11(14)15(17(21)24)19-20-16(23)12-9-10(22(25)26)7-8-13(12)18/h3-9,24H,2H2,1H3. The van der Waals surface area contributed by atoms with Crippen LogP contribution < -0.4 is 0 Å². The van der Waals surface area contributed by atoms with Crippen molar-refractivity contribution in [3.8, 4) is 5.88 Å². The molecule has 1 amide bonds. The van der Waals surface area contributed by atoms with Gasteiger partial charge >= 0.3 is 0 Å². The first kappa shape index (κ1) is 17.6. The van der Waals surface area contributed by atoms with Crippen molar-refractivity contribution in [3.05, 3.63) is 63.2 Å². The van der Waals surface area contributed by atoms with Gasteiger partial charge in [0.2, 0.25) is 5.88 Å². The molecule has 0 aliphatic heterocycles. The van der Waals surface area contributed by atoms with Crippen molar-refractivity contribution in [2.45, 2.75) is 13.5 Å². The molecular weight excluding hydrogens is 360 g/mol. The lowest BCUT2D eigenvalue weighted by molar-refractivity contribution is -0.384. The largest absolute Gasteiger partial charge is 0.493 e. The summed E-state index contributed by atoms with van der Waals surface area (Å²) in [5.74, 6) is -0.957. The molecule has 0 atom stereocenters. The molecule has 3 rings (SSSR count). The molecule has 0 fully saturated rings. The number of nitrogens with zero attached hydrogens (tertiary/aromatic N) is 4. The van der Waals surface area contributed by atoms with E-state index in [4.69, 9.17) is 11.6 Å². The number of nitro benzene ring substituents is 1. The molecule has 9 heteroatoms. The van der Waals surface area contributed by atoms with E-state index >= 15 is 0 Å². The highest BCUT2D eigenvalue weighted by Gasteiger charge is 2.18. The van der Waals surface area contributed by atoms with Crippen molar-refractivity contribution in [1.29, 1.82) is 0 Å². The van der Waals surface area contributed by atoms with Gasteiger partial charge in [0.05, 0.1) is 21.0 Å². The molecule has 2 aromatic carbocycles. The Morgan fingerprint density at radius 2 is 2.04 bits per heavy atom. The van der Waals surface area contributed by atoms with Crippen molar-refractivity contribution >= 4 is 39.8 Å². The Labute approximate surface area is 152 Å². The Morgan fingerprint density at radius 1 is 1.31 bits per heavy atom. The number of carbonyl (C=O) groups excluding carboxylic acids is 1. The summed E-state index contributed by atoms with van der Waals surface area (Å²) in [4.78, 5) is 22.5. The summed E-state index contributed by atoms with van der Waals surface area (Å²) < 4.78 is 1.63. The Bertz CT molecular complexity index is 1060. The molecule has 0 radical (unpaired) electrons. The molecule has 0 saturated heterocycles. The third-order valence-electron chi connectivity index (χ3n) is 3.87. The number of azo groups is 1. The topological polar surface area (TPSA) is 110 Å². The number of aromatic hydroxyl groups is 1.